The van der Waals surface area contributed by atoms with E-state index in [4.69, 9.17) is 0 Å². The smallest absolute Gasteiger partial charge is 0.225 e. The highest BCUT2D eigenvalue weighted by Crippen LogP contribution is 2.22. The van der Waals surface area contributed by atoms with Crippen molar-refractivity contribution in [3.8, 4) is 0 Å². The maximum Gasteiger partial charge on any atom is 0.225 e. The Labute approximate surface area is 155 Å². The molecule has 1 saturated heterocycles. The number of carbonyl (C=O) groups is 1. The van der Waals surface area contributed by atoms with Gasteiger partial charge in [0.05, 0.1) is 0 Å². The lowest BCUT2D eigenvalue weighted by Crippen LogP contribution is -2.47. The van der Waals surface area contributed by atoms with Gasteiger partial charge in [0.25, 0.3) is 0 Å². The molecule has 1 aliphatic heterocycles. The number of anilines is 1. The van der Waals surface area contributed by atoms with Gasteiger partial charge < -0.3 is 9.47 Å². The molecule has 0 saturated carbocycles. The minimum atomic E-state index is 0. The summed E-state index contributed by atoms with van der Waals surface area (Å²) in [4.78, 5) is 25.4. The fourth-order valence-electron chi connectivity index (χ4n) is 3.89. The lowest BCUT2D eigenvalue weighted by atomic mass is 9.97. The van der Waals surface area contributed by atoms with E-state index >= 15 is 0 Å². The zero-order valence-corrected chi connectivity index (χ0v) is 14.6. The van der Waals surface area contributed by atoms with Gasteiger partial charge in [0, 0.05) is 69.0 Å². The molecule has 0 spiro atoms. The Bertz CT molecular complexity index is 719. The summed E-state index contributed by atoms with van der Waals surface area (Å²) in [7, 11) is 0. The highest BCUT2D eigenvalue weighted by Gasteiger charge is 2.21. The molecule has 0 bridgehead atoms. The van der Waals surface area contributed by atoms with Crippen LogP contribution < -0.4 is 4.90 Å². The van der Waals surface area contributed by atoms with E-state index in [1.807, 2.05) is 12.1 Å². The second-order valence-electron chi connectivity index (χ2n) is 6.88. The number of hydrogen-bond acceptors (Lipinski definition) is 5. The van der Waals surface area contributed by atoms with E-state index < -0.39 is 0 Å². The van der Waals surface area contributed by atoms with Gasteiger partial charge in [-0.2, -0.15) is 0 Å². The summed E-state index contributed by atoms with van der Waals surface area (Å²) >= 11 is 0. The van der Waals surface area contributed by atoms with Crippen molar-refractivity contribution >= 4 is 11.7 Å². The Hall–Kier alpha value is -2.21. The summed E-state index contributed by atoms with van der Waals surface area (Å²) in [5.41, 5.74) is 2.21. The molecule has 1 fully saturated rings. The number of ketones is 1. The first-order chi connectivity index (χ1) is 12.3. The number of Topliss-reactive ketones (excluding diaryl/α,β-unsaturated/α-hetero) is 1. The van der Waals surface area contributed by atoms with Crippen LogP contribution in [0, 0.1) is 0 Å². The largest absolute Gasteiger partial charge is 0.351 e. The number of fused-ring (bicyclic) bond motifs is 1. The molecule has 2 aliphatic rings. The normalized spacial score (nSPS) is 17.7. The molecular formula is C20H29N5O. The Balaban J connectivity index is 0.00000196. The van der Waals surface area contributed by atoms with Crippen molar-refractivity contribution in [2.45, 2.75) is 39.7 Å². The summed E-state index contributed by atoms with van der Waals surface area (Å²) in [6.45, 7) is 6.19. The van der Waals surface area contributed by atoms with Crippen molar-refractivity contribution in [1.29, 1.82) is 0 Å². The van der Waals surface area contributed by atoms with Crippen molar-refractivity contribution in [2.24, 2.45) is 0 Å². The summed E-state index contributed by atoms with van der Waals surface area (Å²) in [5, 5.41) is 0. The maximum atomic E-state index is 11.9. The van der Waals surface area contributed by atoms with Gasteiger partial charge in [-0.1, -0.05) is 7.43 Å². The quantitative estimate of drug-likeness (QED) is 0.825. The van der Waals surface area contributed by atoms with Crippen molar-refractivity contribution in [2.75, 3.05) is 37.6 Å². The zero-order valence-electron chi connectivity index (χ0n) is 14.6. The third kappa shape index (κ3) is 3.96. The number of aryl methyl sites for hydroxylation is 1. The SMILES string of the molecule is C.O=C1CCCc2c1ccn2CCCN1CCN(c2ncccn2)CC1. The van der Waals surface area contributed by atoms with Crippen LogP contribution >= 0.6 is 0 Å². The number of hydrogen-bond donors (Lipinski definition) is 0. The molecule has 0 radical (unpaired) electrons. The van der Waals surface area contributed by atoms with Crippen LogP contribution in [0.25, 0.3) is 0 Å². The van der Waals surface area contributed by atoms with Crippen molar-refractivity contribution in [3.05, 3.63) is 42.0 Å². The topological polar surface area (TPSA) is 54.3 Å². The van der Waals surface area contributed by atoms with Crippen LogP contribution in [-0.2, 0) is 13.0 Å². The van der Waals surface area contributed by atoms with Crippen LogP contribution in [0.15, 0.2) is 30.7 Å². The van der Waals surface area contributed by atoms with Crippen LogP contribution in [0.2, 0.25) is 0 Å². The molecule has 0 aromatic carbocycles. The molecule has 0 atom stereocenters. The van der Waals surface area contributed by atoms with Gasteiger partial charge in [-0.05, 0) is 37.9 Å². The summed E-state index contributed by atoms with van der Waals surface area (Å²) < 4.78 is 2.29. The Morgan fingerprint density at radius 1 is 1.00 bits per heavy atom. The van der Waals surface area contributed by atoms with E-state index in [1.165, 1.54) is 5.69 Å². The fraction of sp³-hybridized carbons (Fsp3) is 0.550. The molecule has 140 valence electrons. The van der Waals surface area contributed by atoms with E-state index in [0.717, 1.165) is 70.0 Å². The van der Waals surface area contributed by atoms with Crippen LogP contribution in [-0.4, -0.2) is 57.9 Å². The minimum absolute atomic E-state index is 0. The maximum absolute atomic E-state index is 11.9. The average Bonchev–Trinajstić information content (AvgIpc) is 3.08. The summed E-state index contributed by atoms with van der Waals surface area (Å²) in [6, 6.07) is 3.86. The molecule has 6 nitrogen and oxygen atoms in total. The molecule has 6 heteroatoms. The molecule has 2 aromatic heterocycles. The fourth-order valence-corrected chi connectivity index (χ4v) is 3.89. The predicted molar refractivity (Wildman–Crippen MR) is 104 cm³/mol. The van der Waals surface area contributed by atoms with E-state index in [2.05, 4.69) is 30.5 Å². The Morgan fingerprint density at radius 2 is 1.77 bits per heavy atom. The minimum Gasteiger partial charge on any atom is -0.351 e. The van der Waals surface area contributed by atoms with Crippen LogP contribution in [0.4, 0.5) is 5.95 Å². The monoisotopic (exact) mass is 355 g/mol. The second-order valence-corrected chi connectivity index (χ2v) is 6.88. The standard InChI is InChI=1S/C19H25N5O.CH4/c25-18-5-1-4-17-16(18)6-11-23(17)10-3-9-22-12-14-24(15-13-22)19-20-7-2-8-21-19;/h2,6-8,11H,1,3-5,9-10,12-15H2;1H4. The predicted octanol–water partition coefficient (Wildman–Crippen LogP) is 2.65. The van der Waals surface area contributed by atoms with Crippen LogP contribution in [0.3, 0.4) is 0 Å². The average molecular weight is 355 g/mol. The molecule has 2 aromatic rings. The molecule has 4 rings (SSSR count). The van der Waals surface area contributed by atoms with E-state index in [9.17, 15) is 4.79 Å². The van der Waals surface area contributed by atoms with Gasteiger partial charge in [0.1, 0.15) is 0 Å². The molecular weight excluding hydrogens is 326 g/mol. The van der Waals surface area contributed by atoms with Gasteiger partial charge in [-0.25, -0.2) is 9.97 Å². The molecule has 0 N–H and O–H groups in total. The lowest BCUT2D eigenvalue weighted by Gasteiger charge is -2.34. The molecule has 26 heavy (non-hydrogen) atoms. The number of piperazine rings is 1. The number of rotatable bonds is 5. The van der Waals surface area contributed by atoms with Gasteiger partial charge in [0.15, 0.2) is 5.78 Å². The first-order valence-corrected chi connectivity index (χ1v) is 9.27. The number of aromatic nitrogens is 3. The second kappa shape index (κ2) is 8.45. The van der Waals surface area contributed by atoms with Crippen molar-refractivity contribution in [1.82, 2.24) is 19.4 Å². The Morgan fingerprint density at radius 3 is 2.54 bits per heavy atom. The van der Waals surface area contributed by atoms with Crippen molar-refractivity contribution in [3.63, 3.8) is 0 Å². The third-order valence-corrected chi connectivity index (χ3v) is 5.28. The summed E-state index contributed by atoms with van der Waals surface area (Å²) in [6.07, 6.45) is 9.58. The number of nitrogens with zero attached hydrogens (tertiary/aromatic N) is 5. The number of carbonyl (C=O) groups excluding carboxylic acids is 1. The molecule has 0 unspecified atom stereocenters. The van der Waals surface area contributed by atoms with Crippen LogP contribution in [0.1, 0.15) is 42.7 Å². The summed E-state index contributed by atoms with van der Waals surface area (Å²) in [5.74, 6) is 1.16. The van der Waals surface area contributed by atoms with Gasteiger partial charge in [0.2, 0.25) is 5.95 Å². The van der Waals surface area contributed by atoms with Crippen molar-refractivity contribution < 1.29 is 4.79 Å². The Kier molecular flexibility index (Phi) is 6.04. The highest BCUT2D eigenvalue weighted by molar-refractivity contribution is 5.98. The first-order valence-electron chi connectivity index (χ1n) is 9.27. The zero-order chi connectivity index (χ0) is 17.1. The molecule has 0 amide bonds. The third-order valence-electron chi connectivity index (χ3n) is 5.28. The van der Waals surface area contributed by atoms with E-state index in [1.54, 1.807) is 12.4 Å². The van der Waals surface area contributed by atoms with Gasteiger partial charge in [-0.3, -0.25) is 9.69 Å². The van der Waals surface area contributed by atoms with Gasteiger partial charge >= 0.3 is 0 Å². The van der Waals surface area contributed by atoms with Gasteiger partial charge in [-0.15, -0.1) is 0 Å². The van der Waals surface area contributed by atoms with E-state index in [-0.39, 0.29) is 7.43 Å². The van der Waals surface area contributed by atoms with E-state index in [0.29, 0.717) is 12.2 Å². The first kappa shape index (κ1) is 18.6. The molecule has 3 heterocycles. The lowest BCUT2D eigenvalue weighted by molar-refractivity contribution is 0.0971. The molecule has 1 aliphatic carbocycles. The highest BCUT2D eigenvalue weighted by atomic mass is 16.1. The van der Waals surface area contributed by atoms with Crippen LogP contribution in [0.5, 0.6) is 0 Å².